The molecule has 2 aromatic rings. The van der Waals surface area contributed by atoms with Crippen LogP contribution in [0.5, 0.6) is 5.75 Å². The van der Waals surface area contributed by atoms with Crippen molar-refractivity contribution in [3.05, 3.63) is 41.6 Å². The SMILES string of the molecule is COc1ccc(-c2cnc(N)c(C(=O)O)c2)c(C)c1. The van der Waals surface area contributed by atoms with E-state index in [-0.39, 0.29) is 11.4 Å². The number of benzene rings is 1. The van der Waals surface area contributed by atoms with Gasteiger partial charge < -0.3 is 15.6 Å². The number of carboxylic acids is 1. The number of carbonyl (C=O) groups is 1. The molecule has 0 bridgehead atoms. The minimum absolute atomic E-state index is 0.00715. The highest BCUT2D eigenvalue weighted by Gasteiger charge is 2.12. The van der Waals surface area contributed by atoms with Crippen LogP contribution < -0.4 is 10.5 Å². The first-order valence-corrected chi connectivity index (χ1v) is 5.66. The number of aryl methyl sites for hydroxylation is 1. The highest BCUT2D eigenvalue weighted by atomic mass is 16.5. The molecule has 0 aliphatic heterocycles. The molecule has 19 heavy (non-hydrogen) atoms. The fraction of sp³-hybridized carbons (Fsp3) is 0.143. The van der Waals surface area contributed by atoms with Crippen LogP contribution in [0.1, 0.15) is 15.9 Å². The van der Waals surface area contributed by atoms with Crippen molar-refractivity contribution >= 4 is 11.8 Å². The number of ether oxygens (including phenoxy) is 1. The summed E-state index contributed by atoms with van der Waals surface area (Å²) < 4.78 is 5.14. The fourth-order valence-corrected chi connectivity index (χ4v) is 1.88. The van der Waals surface area contributed by atoms with Crippen LogP contribution in [0, 0.1) is 6.92 Å². The molecule has 0 amide bonds. The van der Waals surface area contributed by atoms with E-state index in [1.807, 2.05) is 25.1 Å². The third-order valence-corrected chi connectivity index (χ3v) is 2.89. The minimum atomic E-state index is -1.09. The third-order valence-electron chi connectivity index (χ3n) is 2.89. The second kappa shape index (κ2) is 4.97. The number of nitrogens with zero attached hydrogens (tertiary/aromatic N) is 1. The van der Waals surface area contributed by atoms with Crippen LogP contribution in [-0.4, -0.2) is 23.2 Å². The van der Waals surface area contributed by atoms with E-state index in [4.69, 9.17) is 15.6 Å². The van der Waals surface area contributed by atoms with Crippen molar-refractivity contribution < 1.29 is 14.6 Å². The molecule has 0 saturated carbocycles. The second-order valence-electron chi connectivity index (χ2n) is 4.14. The van der Waals surface area contributed by atoms with Gasteiger partial charge in [-0.05, 0) is 36.2 Å². The molecule has 0 unspecified atom stereocenters. The normalized spacial score (nSPS) is 10.2. The summed E-state index contributed by atoms with van der Waals surface area (Å²) in [5.41, 5.74) is 8.14. The van der Waals surface area contributed by atoms with E-state index in [2.05, 4.69) is 4.98 Å². The number of nitrogen functional groups attached to an aromatic ring is 1. The second-order valence-corrected chi connectivity index (χ2v) is 4.14. The van der Waals surface area contributed by atoms with Crippen LogP contribution in [-0.2, 0) is 0 Å². The van der Waals surface area contributed by atoms with Gasteiger partial charge in [-0.15, -0.1) is 0 Å². The molecule has 1 heterocycles. The Labute approximate surface area is 110 Å². The van der Waals surface area contributed by atoms with Crippen LogP contribution >= 0.6 is 0 Å². The van der Waals surface area contributed by atoms with Crippen LogP contribution in [0.15, 0.2) is 30.5 Å². The molecule has 1 aromatic heterocycles. The molecule has 0 spiro atoms. The number of nitrogens with two attached hydrogens (primary N) is 1. The predicted octanol–water partition coefficient (Wildman–Crippen LogP) is 2.35. The standard InChI is InChI=1S/C14H14N2O3/c1-8-5-10(19-2)3-4-11(8)9-6-12(14(17)18)13(15)16-7-9/h3-7H,1-2H3,(H2,15,16)(H,17,18). The van der Waals surface area contributed by atoms with Gasteiger partial charge in [0, 0.05) is 11.8 Å². The summed E-state index contributed by atoms with van der Waals surface area (Å²) in [5, 5.41) is 9.05. The van der Waals surface area contributed by atoms with Crippen LogP contribution in [0.4, 0.5) is 5.82 Å². The number of hydrogen-bond donors (Lipinski definition) is 2. The molecule has 0 atom stereocenters. The Kier molecular flexibility index (Phi) is 3.37. The molecule has 3 N–H and O–H groups in total. The number of carboxylic acid groups (broad SMARTS) is 1. The Bertz CT molecular complexity index is 639. The maximum absolute atomic E-state index is 11.1. The first-order valence-electron chi connectivity index (χ1n) is 5.66. The maximum Gasteiger partial charge on any atom is 0.339 e. The summed E-state index contributed by atoms with van der Waals surface area (Å²) in [6.07, 6.45) is 1.57. The Hall–Kier alpha value is -2.56. The minimum Gasteiger partial charge on any atom is -0.497 e. The van der Waals surface area contributed by atoms with Crippen LogP contribution in [0.2, 0.25) is 0 Å². The highest BCUT2D eigenvalue weighted by molar-refractivity contribution is 5.94. The molecule has 0 radical (unpaired) electrons. The van der Waals surface area contributed by atoms with Gasteiger partial charge in [-0.1, -0.05) is 6.07 Å². The largest absolute Gasteiger partial charge is 0.497 e. The zero-order valence-electron chi connectivity index (χ0n) is 10.7. The molecular formula is C14H14N2O3. The average Bonchev–Trinajstić information content (AvgIpc) is 2.39. The molecule has 0 fully saturated rings. The Morgan fingerprint density at radius 3 is 2.68 bits per heavy atom. The van der Waals surface area contributed by atoms with Crippen molar-refractivity contribution in [2.24, 2.45) is 0 Å². The number of aromatic nitrogens is 1. The van der Waals surface area contributed by atoms with Gasteiger partial charge in [-0.2, -0.15) is 0 Å². The summed E-state index contributed by atoms with van der Waals surface area (Å²) in [6, 6.07) is 7.09. The van der Waals surface area contributed by atoms with Crippen molar-refractivity contribution in [2.45, 2.75) is 6.92 Å². The van der Waals surface area contributed by atoms with E-state index in [0.717, 1.165) is 16.9 Å². The lowest BCUT2D eigenvalue weighted by atomic mass is 10.0. The lowest BCUT2D eigenvalue weighted by Gasteiger charge is -2.09. The molecule has 98 valence electrons. The van der Waals surface area contributed by atoms with Crippen molar-refractivity contribution in [1.29, 1.82) is 0 Å². The van der Waals surface area contributed by atoms with Gasteiger partial charge in [-0.3, -0.25) is 0 Å². The quantitative estimate of drug-likeness (QED) is 0.882. The summed E-state index contributed by atoms with van der Waals surface area (Å²) in [4.78, 5) is 15.0. The van der Waals surface area contributed by atoms with E-state index >= 15 is 0 Å². The molecule has 1 aromatic carbocycles. The molecule has 0 aliphatic rings. The summed E-state index contributed by atoms with van der Waals surface area (Å²) in [6.45, 7) is 1.93. The van der Waals surface area contributed by atoms with Crippen molar-refractivity contribution in [3.8, 4) is 16.9 Å². The van der Waals surface area contributed by atoms with Gasteiger partial charge in [0.1, 0.15) is 17.1 Å². The van der Waals surface area contributed by atoms with Crippen molar-refractivity contribution in [1.82, 2.24) is 4.98 Å². The first kappa shape index (κ1) is 12.9. The zero-order valence-corrected chi connectivity index (χ0v) is 10.7. The lowest BCUT2D eigenvalue weighted by Crippen LogP contribution is -2.04. The summed E-state index contributed by atoms with van der Waals surface area (Å²) in [7, 11) is 1.60. The van der Waals surface area contributed by atoms with Crippen molar-refractivity contribution in [3.63, 3.8) is 0 Å². The van der Waals surface area contributed by atoms with Gasteiger partial charge in [0.25, 0.3) is 0 Å². The van der Waals surface area contributed by atoms with Gasteiger partial charge >= 0.3 is 5.97 Å². The van der Waals surface area contributed by atoms with Crippen LogP contribution in [0.25, 0.3) is 11.1 Å². The van der Waals surface area contributed by atoms with E-state index in [1.54, 1.807) is 13.3 Å². The predicted molar refractivity (Wildman–Crippen MR) is 72.3 cm³/mol. The number of aromatic carboxylic acids is 1. The maximum atomic E-state index is 11.1. The number of pyridine rings is 1. The van der Waals surface area contributed by atoms with Gasteiger partial charge in [0.15, 0.2) is 0 Å². The molecule has 2 rings (SSSR count). The number of anilines is 1. The van der Waals surface area contributed by atoms with Crippen molar-refractivity contribution in [2.75, 3.05) is 12.8 Å². The molecule has 5 heteroatoms. The Morgan fingerprint density at radius 2 is 2.11 bits per heavy atom. The number of hydrogen-bond acceptors (Lipinski definition) is 4. The lowest BCUT2D eigenvalue weighted by molar-refractivity contribution is 0.0697. The van der Waals surface area contributed by atoms with E-state index in [0.29, 0.717) is 5.56 Å². The zero-order chi connectivity index (χ0) is 14.0. The highest BCUT2D eigenvalue weighted by Crippen LogP contribution is 2.28. The number of rotatable bonds is 3. The van der Waals surface area contributed by atoms with Crippen LogP contribution in [0.3, 0.4) is 0 Å². The smallest absolute Gasteiger partial charge is 0.339 e. The van der Waals surface area contributed by atoms with Gasteiger partial charge in [0.05, 0.1) is 7.11 Å². The average molecular weight is 258 g/mol. The summed E-state index contributed by atoms with van der Waals surface area (Å²) >= 11 is 0. The van der Waals surface area contributed by atoms with E-state index in [9.17, 15) is 4.79 Å². The number of methoxy groups -OCH3 is 1. The third kappa shape index (κ3) is 2.49. The molecule has 0 aliphatic carbocycles. The Balaban J connectivity index is 2.53. The monoisotopic (exact) mass is 258 g/mol. The van der Waals surface area contributed by atoms with Gasteiger partial charge in [0.2, 0.25) is 0 Å². The Morgan fingerprint density at radius 1 is 1.37 bits per heavy atom. The molecular weight excluding hydrogens is 244 g/mol. The molecule has 5 nitrogen and oxygen atoms in total. The topological polar surface area (TPSA) is 85.4 Å². The van der Waals surface area contributed by atoms with E-state index < -0.39 is 5.97 Å². The fourth-order valence-electron chi connectivity index (χ4n) is 1.88. The summed E-state index contributed by atoms with van der Waals surface area (Å²) in [5.74, 6) is -0.316. The van der Waals surface area contributed by atoms with E-state index in [1.165, 1.54) is 6.07 Å². The van der Waals surface area contributed by atoms with Gasteiger partial charge in [-0.25, -0.2) is 9.78 Å². The first-order chi connectivity index (χ1) is 9.02. The molecule has 0 saturated heterocycles.